The Morgan fingerprint density at radius 2 is 1.74 bits per heavy atom. The molecular weight excluding hydrogens is 262 g/mol. The Morgan fingerprint density at radius 1 is 1.11 bits per heavy atom. The van der Waals surface area contributed by atoms with Gasteiger partial charge in [0.2, 0.25) is 11.8 Å². The summed E-state index contributed by atoms with van der Waals surface area (Å²) >= 11 is 5.99. The lowest BCUT2D eigenvalue weighted by Gasteiger charge is -2.17. The van der Waals surface area contributed by atoms with Gasteiger partial charge in [-0.3, -0.25) is 14.5 Å². The van der Waals surface area contributed by atoms with Gasteiger partial charge >= 0.3 is 0 Å². The van der Waals surface area contributed by atoms with Crippen molar-refractivity contribution >= 4 is 29.1 Å². The molecule has 4 heteroatoms. The fourth-order valence-corrected chi connectivity index (χ4v) is 3.03. The highest BCUT2D eigenvalue weighted by Gasteiger charge is 2.48. The first-order chi connectivity index (χ1) is 9.08. The maximum atomic E-state index is 12.4. The molecule has 1 fully saturated rings. The Hall–Kier alpha value is -1.61. The maximum absolute atomic E-state index is 12.4. The molecule has 1 heterocycles. The number of hydrogen-bond acceptors (Lipinski definition) is 2. The number of anilines is 1. The van der Waals surface area contributed by atoms with E-state index in [1.54, 1.807) is 0 Å². The second kappa shape index (κ2) is 4.49. The summed E-state index contributed by atoms with van der Waals surface area (Å²) < 4.78 is 0. The van der Waals surface area contributed by atoms with Crippen LogP contribution < -0.4 is 4.90 Å². The average molecular weight is 276 g/mol. The minimum absolute atomic E-state index is 0.0979. The van der Waals surface area contributed by atoms with E-state index in [-0.39, 0.29) is 23.7 Å². The number of amides is 2. The van der Waals surface area contributed by atoms with Crippen LogP contribution in [0, 0.1) is 18.8 Å². The van der Waals surface area contributed by atoms with Crippen molar-refractivity contribution in [2.45, 2.75) is 19.8 Å². The molecule has 1 aromatic carbocycles. The Labute approximate surface area is 116 Å². The summed E-state index contributed by atoms with van der Waals surface area (Å²) in [6, 6.07) is 7.45. The number of aryl methyl sites for hydroxylation is 1. The molecule has 2 aliphatic rings. The Balaban J connectivity index is 1.95. The molecule has 2 amide bonds. The van der Waals surface area contributed by atoms with E-state index in [0.717, 1.165) is 5.56 Å². The number of rotatable bonds is 1. The van der Waals surface area contributed by atoms with Crippen molar-refractivity contribution in [2.24, 2.45) is 11.8 Å². The standard InChI is InChI=1S/C15H14ClNO2/c1-9-2-5-11(6-3-9)17-14(18)12-7-4-10(16)8-13(12)15(17)19/h2-6,12-13H,7-8H2,1H3/t12-,13-/m0/s1. The van der Waals surface area contributed by atoms with Crippen molar-refractivity contribution in [3.8, 4) is 0 Å². The molecule has 0 aromatic heterocycles. The van der Waals surface area contributed by atoms with Gasteiger partial charge in [0.05, 0.1) is 17.5 Å². The molecule has 2 atom stereocenters. The molecule has 1 aliphatic heterocycles. The first-order valence-corrected chi connectivity index (χ1v) is 6.75. The van der Waals surface area contributed by atoms with Gasteiger partial charge in [-0.15, -0.1) is 0 Å². The summed E-state index contributed by atoms with van der Waals surface area (Å²) in [6.45, 7) is 1.97. The number of imide groups is 1. The summed E-state index contributed by atoms with van der Waals surface area (Å²) in [5, 5.41) is 0.688. The van der Waals surface area contributed by atoms with Gasteiger partial charge in [-0.25, -0.2) is 0 Å². The third-order valence-electron chi connectivity index (χ3n) is 3.86. The first kappa shape index (κ1) is 12.4. The molecular formula is C15H14ClNO2. The van der Waals surface area contributed by atoms with E-state index >= 15 is 0 Å². The molecule has 3 rings (SSSR count). The lowest BCUT2D eigenvalue weighted by molar-refractivity contribution is -0.122. The number of fused-ring (bicyclic) bond motifs is 1. The smallest absolute Gasteiger partial charge is 0.238 e. The largest absolute Gasteiger partial charge is 0.274 e. The predicted octanol–water partition coefficient (Wildman–Crippen LogP) is 3.02. The van der Waals surface area contributed by atoms with Gasteiger partial charge < -0.3 is 0 Å². The number of halogens is 1. The number of benzene rings is 1. The van der Waals surface area contributed by atoms with E-state index in [4.69, 9.17) is 11.6 Å². The molecule has 1 aliphatic carbocycles. The van der Waals surface area contributed by atoms with Crippen LogP contribution in [0.3, 0.4) is 0 Å². The molecule has 0 bridgehead atoms. The molecule has 0 N–H and O–H groups in total. The van der Waals surface area contributed by atoms with Crippen molar-refractivity contribution in [1.82, 2.24) is 0 Å². The van der Waals surface area contributed by atoms with Crippen LogP contribution >= 0.6 is 11.6 Å². The maximum Gasteiger partial charge on any atom is 0.238 e. The molecule has 1 aromatic rings. The van der Waals surface area contributed by atoms with Gasteiger partial charge in [0.1, 0.15) is 0 Å². The third-order valence-corrected chi connectivity index (χ3v) is 4.17. The van der Waals surface area contributed by atoms with Crippen molar-refractivity contribution in [3.63, 3.8) is 0 Å². The Morgan fingerprint density at radius 3 is 2.42 bits per heavy atom. The lowest BCUT2D eigenvalue weighted by atomic mass is 9.85. The normalized spacial score (nSPS) is 26.4. The molecule has 19 heavy (non-hydrogen) atoms. The summed E-state index contributed by atoms with van der Waals surface area (Å²) in [5.41, 5.74) is 1.76. The Bertz CT molecular complexity index is 576. The molecule has 0 spiro atoms. The average Bonchev–Trinajstić information content (AvgIpc) is 2.63. The van der Waals surface area contributed by atoms with Crippen molar-refractivity contribution < 1.29 is 9.59 Å². The van der Waals surface area contributed by atoms with Gasteiger partial charge in [-0.1, -0.05) is 35.4 Å². The SMILES string of the molecule is Cc1ccc(N2C(=O)[C@H]3CC=C(Cl)C[C@@H]3C2=O)cc1. The molecule has 0 radical (unpaired) electrons. The van der Waals surface area contributed by atoms with Gasteiger partial charge in [-0.2, -0.15) is 0 Å². The number of hydrogen-bond donors (Lipinski definition) is 0. The number of allylic oxidation sites excluding steroid dienone is 2. The highest BCUT2D eigenvalue weighted by atomic mass is 35.5. The highest BCUT2D eigenvalue weighted by molar-refractivity contribution is 6.30. The van der Waals surface area contributed by atoms with Crippen molar-refractivity contribution in [1.29, 1.82) is 0 Å². The van der Waals surface area contributed by atoms with E-state index in [0.29, 0.717) is 23.6 Å². The lowest BCUT2D eigenvalue weighted by Crippen LogP contribution is -2.30. The van der Waals surface area contributed by atoms with Gasteiger partial charge in [-0.05, 0) is 31.9 Å². The number of nitrogens with zero attached hydrogens (tertiary/aromatic N) is 1. The molecule has 1 saturated heterocycles. The zero-order valence-corrected chi connectivity index (χ0v) is 11.4. The zero-order chi connectivity index (χ0) is 13.6. The van der Waals surface area contributed by atoms with E-state index < -0.39 is 0 Å². The summed E-state index contributed by atoms with van der Waals surface area (Å²) in [4.78, 5) is 26.1. The molecule has 0 saturated carbocycles. The van der Waals surface area contributed by atoms with Crippen LogP contribution in [-0.4, -0.2) is 11.8 Å². The zero-order valence-electron chi connectivity index (χ0n) is 10.6. The predicted molar refractivity (Wildman–Crippen MR) is 73.8 cm³/mol. The molecule has 3 nitrogen and oxygen atoms in total. The summed E-state index contributed by atoms with van der Waals surface area (Å²) in [7, 11) is 0. The number of carbonyl (C=O) groups excluding carboxylic acids is 2. The highest BCUT2D eigenvalue weighted by Crippen LogP contribution is 2.40. The van der Waals surface area contributed by atoms with Gasteiger partial charge in [0.25, 0.3) is 0 Å². The third kappa shape index (κ3) is 1.98. The van der Waals surface area contributed by atoms with E-state index in [1.807, 2.05) is 37.3 Å². The minimum atomic E-state index is -0.286. The summed E-state index contributed by atoms with van der Waals surface area (Å²) in [6.07, 6.45) is 2.90. The van der Waals surface area contributed by atoms with E-state index in [1.165, 1.54) is 4.90 Å². The van der Waals surface area contributed by atoms with Crippen molar-refractivity contribution in [2.75, 3.05) is 4.90 Å². The van der Waals surface area contributed by atoms with Crippen LogP contribution in [0.4, 0.5) is 5.69 Å². The summed E-state index contributed by atoms with van der Waals surface area (Å²) in [5.74, 6) is -0.744. The first-order valence-electron chi connectivity index (χ1n) is 6.37. The van der Waals surface area contributed by atoms with Crippen LogP contribution in [0.1, 0.15) is 18.4 Å². The van der Waals surface area contributed by atoms with Gasteiger partial charge in [0, 0.05) is 5.03 Å². The molecule has 0 unspecified atom stereocenters. The van der Waals surface area contributed by atoms with Gasteiger partial charge in [0.15, 0.2) is 0 Å². The van der Waals surface area contributed by atoms with Crippen LogP contribution in [0.15, 0.2) is 35.4 Å². The van der Waals surface area contributed by atoms with Crippen LogP contribution in [-0.2, 0) is 9.59 Å². The fourth-order valence-electron chi connectivity index (χ4n) is 2.78. The minimum Gasteiger partial charge on any atom is -0.274 e. The molecule has 98 valence electrons. The second-order valence-electron chi connectivity index (χ2n) is 5.15. The van der Waals surface area contributed by atoms with E-state index in [9.17, 15) is 9.59 Å². The topological polar surface area (TPSA) is 37.4 Å². The van der Waals surface area contributed by atoms with Crippen LogP contribution in [0.2, 0.25) is 0 Å². The quantitative estimate of drug-likeness (QED) is 0.739. The monoisotopic (exact) mass is 275 g/mol. The second-order valence-corrected chi connectivity index (χ2v) is 5.64. The van der Waals surface area contributed by atoms with E-state index in [2.05, 4.69) is 0 Å². The van der Waals surface area contributed by atoms with Crippen LogP contribution in [0.25, 0.3) is 0 Å². The van der Waals surface area contributed by atoms with Crippen molar-refractivity contribution in [3.05, 3.63) is 40.9 Å². The Kier molecular flexibility index (Phi) is 2.94. The van der Waals surface area contributed by atoms with Crippen LogP contribution in [0.5, 0.6) is 0 Å². The number of carbonyl (C=O) groups is 2. The fraction of sp³-hybridized carbons (Fsp3) is 0.333.